The number of hydrogen-bond donors (Lipinski definition) is 0. The molecule has 0 radical (unpaired) electrons. The molecule has 3 heteroatoms. The third-order valence-corrected chi connectivity index (χ3v) is 3.81. The van der Waals surface area contributed by atoms with E-state index in [1.807, 2.05) is 37.3 Å². The van der Waals surface area contributed by atoms with Crippen molar-refractivity contribution in [3.05, 3.63) is 35.9 Å². The number of piperidine rings is 1. The van der Waals surface area contributed by atoms with Crippen LogP contribution in [0.3, 0.4) is 0 Å². The van der Waals surface area contributed by atoms with Crippen LogP contribution in [0.2, 0.25) is 0 Å². The molecule has 0 saturated carbocycles. The fraction of sp³-hybridized carbons (Fsp3) is 0.562. The molecular weight excluding hydrogens is 238 g/mol. The Morgan fingerprint density at radius 1 is 1.37 bits per heavy atom. The molecule has 0 spiro atoms. The second-order valence-corrected chi connectivity index (χ2v) is 5.15. The van der Waals surface area contributed by atoms with Crippen molar-refractivity contribution in [2.45, 2.75) is 45.2 Å². The third-order valence-electron chi connectivity index (χ3n) is 3.81. The Morgan fingerprint density at radius 2 is 2.11 bits per heavy atom. The second kappa shape index (κ2) is 6.71. The highest BCUT2D eigenvalue weighted by Gasteiger charge is 2.33. The van der Waals surface area contributed by atoms with Gasteiger partial charge in [0.2, 0.25) is 0 Å². The van der Waals surface area contributed by atoms with E-state index in [1.165, 1.54) is 6.42 Å². The van der Waals surface area contributed by atoms with Crippen molar-refractivity contribution >= 4 is 5.97 Å². The summed E-state index contributed by atoms with van der Waals surface area (Å²) in [5.74, 6) is -0.123. The lowest BCUT2D eigenvalue weighted by Gasteiger charge is -2.38. The standard InChI is InChI=1S/C16H23NO2/c1-3-19-16(18)15(14-10-5-4-6-11-14)17-12-8-7-9-13(17)2/h4-6,10-11,13,15H,3,7-9,12H2,1-2H3. The van der Waals surface area contributed by atoms with Gasteiger partial charge in [0.05, 0.1) is 6.61 Å². The molecule has 0 bridgehead atoms. The van der Waals surface area contributed by atoms with Crippen molar-refractivity contribution in [1.82, 2.24) is 4.90 Å². The summed E-state index contributed by atoms with van der Waals surface area (Å²) in [6, 6.07) is 10.2. The van der Waals surface area contributed by atoms with E-state index in [4.69, 9.17) is 4.74 Å². The Hall–Kier alpha value is -1.35. The monoisotopic (exact) mass is 261 g/mol. The van der Waals surface area contributed by atoms with Gasteiger partial charge in [0, 0.05) is 6.04 Å². The van der Waals surface area contributed by atoms with Crippen LogP contribution in [0.25, 0.3) is 0 Å². The maximum Gasteiger partial charge on any atom is 0.328 e. The minimum Gasteiger partial charge on any atom is -0.465 e. The molecule has 2 atom stereocenters. The molecule has 2 rings (SSSR count). The second-order valence-electron chi connectivity index (χ2n) is 5.15. The summed E-state index contributed by atoms with van der Waals surface area (Å²) < 4.78 is 5.28. The molecule has 104 valence electrons. The van der Waals surface area contributed by atoms with E-state index in [0.29, 0.717) is 12.6 Å². The quantitative estimate of drug-likeness (QED) is 0.780. The van der Waals surface area contributed by atoms with E-state index >= 15 is 0 Å². The van der Waals surface area contributed by atoms with E-state index < -0.39 is 0 Å². The summed E-state index contributed by atoms with van der Waals surface area (Å²) in [6.07, 6.45) is 3.57. The summed E-state index contributed by atoms with van der Waals surface area (Å²) in [4.78, 5) is 14.6. The summed E-state index contributed by atoms with van der Waals surface area (Å²) in [6.45, 7) is 5.47. The molecule has 19 heavy (non-hydrogen) atoms. The SMILES string of the molecule is CCOC(=O)C(c1ccccc1)N1CCCCC1C. The molecule has 1 fully saturated rings. The van der Waals surface area contributed by atoms with E-state index in [9.17, 15) is 4.79 Å². The molecule has 1 aromatic carbocycles. The number of esters is 1. The lowest BCUT2D eigenvalue weighted by Crippen LogP contribution is -2.44. The van der Waals surface area contributed by atoms with Gasteiger partial charge in [-0.05, 0) is 38.8 Å². The first-order valence-electron chi connectivity index (χ1n) is 7.21. The number of hydrogen-bond acceptors (Lipinski definition) is 3. The lowest BCUT2D eigenvalue weighted by molar-refractivity contribution is -0.151. The van der Waals surface area contributed by atoms with E-state index in [-0.39, 0.29) is 12.0 Å². The smallest absolute Gasteiger partial charge is 0.328 e. The molecule has 0 N–H and O–H groups in total. The molecule has 1 aromatic rings. The van der Waals surface area contributed by atoms with Gasteiger partial charge in [-0.2, -0.15) is 0 Å². The van der Waals surface area contributed by atoms with Crippen LogP contribution in [0.1, 0.15) is 44.7 Å². The van der Waals surface area contributed by atoms with Crippen LogP contribution in [0.15, 0.2) is 30.3 Å². The Kier molecular flexibility index (Phi) is 4.97. The third kappa shape index (κ3) is 3.35. The van der Waals surface area contributed by atoms with Crippen LogP contribution >= 0.6 is 0 Å². The fourth-order valence-corrected chi connectivity index (χ4v) is 2.82. The normalized spacial score (nSPS) is 21.9. The van der Waals surface area contributed by atoms with E-state index in [0.717, 1.165) is 24.9 Å². The lowest BCUT2D eigenvalue weighted by atomic mass is 9.97. The minimum atomic E-state index is -0.253. The first-order valence-corrected chi connectivity index (χ1v) is 7.21. The zero-order valence-electron chi connectivity index (χ0n) is 11.8. The van der Waals surface area contributed by atoms with Gasteiger partial charge < -0.3 is 4.74 Å². The summed E-state index contributed by atoms with van der Waals surface area (Å²) >= 11 is 0. The van der Waals surface area contributed by atoms with Crippen LogP contribution in [-0.2, 0) is 9.53 Å². The van der Waals surface area contributed by atoms with Gasteiger partial charge in [-0.15, -0.1) is 0 Å². The van der Waals surface area contributed by atoms with Crippen LogP contribution in [-0.4, -0.2) is 30.1 Å². The molecule has 1 aliphatic rings. The van der Waals surface area contributed by atoms with Crippen molar-refractivity contribution in [2.75, 3.05) is 13.2 Å². The van der Waals surface area contributed by atoms with Crippen molar-refractivity contribution < 1.29 is 9.53 Å². The van der Waals surface area contributed by atoms with Crippen LogP contribution < -0.4 is 0 Å². The van der Waals surface area contributed by atoms with Crippen LogP contribution in [0, 0.1) is 0 Å². The zero-order chi connectivity index (χ0) is 13.7. The van der Waals surface area contributed by atoms with Gasteiger partial charge in [0.1, 0.15) is 6.04 Å². The number of nitrogens with zero attached hydrogens (tertiary/aromatic N) is 1. The molecule has 1 heterocycles. The maximum atomic E-state index is 12.3. The molecular formula is C16H23NO2. The van der Waals surface area contributed by atoms with E-state index in [2.05, 4.69) is 11.8 Å². The molecule has 2 unspecified atom stereocenters. The number of likely N-dealkylation sites (tertiary alicyclic amines) is 1. The first-order chi connectivity index (χ1) is 9.24. The average molecular weight is 261 g/mol. The minimum absolute atomic E-state index is 0.123. The van der Waals surface area contributed by atoms with Crippen LogP contribution in [0.5, 0.6) is 0 Å². The zero-order valence-corrected chi connectivity index (χ0v) is 11.8. The largest absolute Gasteiger partial charge is 0.465 e. The number of ether oxygens (including phenoxy) is 1. The summed E-state index contributed by atoms with van der Waals surface area (Å²) in [5.41, 5.74) is 1.04. The van der Waals surface area contributed by atoms with Gasteiger partial charge in [-0.25, -0.2) is 4.79 Å². The predicted octanol–water partition coefficient (Wildman–Crippen LogP) is 3.17. The highest BCUT2D eigenvalue weighted by Crippen LogP contribution is 2.29. The number of rotatable bonds is 4. The van der Waals surface area contributed by atoms with Gasteiger partial charge >= 0.3 is 5.97 Å². The van der Waals surface area contributed by atoms with Crippen molar-refractivity contribution in [3.63, 3.8) is 0 Å². The molecule has 0 amide bonds. The maximum absolute atomic E-state index is 12.3. The van der Waals surface area contributed by atoms with Gasteiger partial charge in [0.15, 0.2) is 0 Å². The Labute approximate surface area is 115 Å². The molecule has 1 saturated heterocycles. The van der Waals surface area contributed by atoms with Crippen molar-refractivity contribution in [2.24, 2.45) is 0 Å². The fourth-order valence-electron chi connectivity index (χ4n) is 2.82. The molecule has 1 aliphatic heterocycles. The van der Waals surface area contributed by atoms with Crippen LogP contribution in [0.4, 0.5) is 0 Å². The molecule has 3 nitrogen and oxygen atoms in total. The van der Waals surface area contributed by atoms with Gasteiger partial charge in [-0.1, -0.05) is 36.8 Å². The Bertz CT molecular complexity index is 404. The number of benzene rings is 1. The highest BCUT2D eigenvalue weighted by atomic mass is 16.5. The molecule has 0 aromatic heterocycles. The average Bonchev–Trinajstić information content (AvgIpc) is 2.43. The number of carbonyl (C=O) groups excluding carboxylic acids is 1. The van der Waals surface area contributed by atoms with Crippen molar-refractivity contribution in [3.8, 4) is 0 Å². The van der Waals surface area contributed by atoms with Gasteiger partial charge in [0.25, 0.3) is 0 Å². The number of carbonyl (C=O) groups is 1. The topological polar surface area (TPSA) is 29.5 Å². The van der Waals surface area contributed by atoms with Gasteiger partial charge in [-0.3, -0.25) is 4.90 Å². The summed E-state index contributed by atoms with van der Waals surface area (Å²) in [7, 11) is 0. The van der Waals surface area contributed by atoms with E-state index in [1.54, 1.807) is 0 Å². The molecule has 0 aliphatic carbocycles. The Balaban J connectivity index is 2.25. The van der Waals surface area contributed by atoms with Crippen molar-refractivity contribution in [1.29, 1.82) is 0 Å². The first kappa shape index (κ1) is 14.1. The predicted molar refractivity (Wildman–Crippen MR) is 75.8 cm³/mol. The Morgan fingerprint density at radius 3 is 2.74 bits per heavy atom. The highest BCUT2D eigenvalue weighted by molar-refractivity contribution is 5.77. The summed E-state index contributed by atoms with van der Waals surface area (Å²) in [5, 5.41) is 0.